The van der Waals surface area contributed by atoms with Crippen molar-refractivity contribution < 1.29 is 33.8 Å². The number of aliphatic hydroxyl groups excluding tert-OH is 1. The van der Waals surface area contributed by atoms with E-state index in [1.165, 1.54) is 9.80 Å². The number of carbonyl (C=O) groups is 4. The molecule has 50 heavy (non-hydrogen) atoms. The van der Waals surface area contributed by atoms with E-state index in [4.69, 9.17) is 21.1 Å². The Balaban J connectivity index is 1.37. The Kier molecular flexibility index (Phi) is 9.34. The number of allylic oxidation sites excluding steroid dienone is 1. The van der Waals surface area contributed by atoms with Crippen LogP contribution in [-0.4, -0.2) is 70.6 Å². The molecule has 8 atom stereocenters. The average Bonchev–Trinajstić information content (AvgIpc) is 3.77. The number of benzene rings is 3. The van der Waals surface area contributed by atoms with E-state index in [1.54, 1.807) is 67.6 Å². The molecule has 0 saturated carbocycles. The van der Waals surface area contributed by atoms with Gasteiger partial charge in [0, 0.05) is 23.7 Å². The summed E-state index contributed by atoms with van der Waals surface area (Å²) >= 11 is 6.22. The van der Waals surface area contributed by atoms with Gasteiger partial charge in [0.25, 0.3) is 5.91 Å². The molecule has 5 bridgehead atoms. The number of carbonyl (C=O) groups excluding carboxylic acids is 4. The van der Waals surface area contributed by atoms with Gasteiger partial charge in [0.15, 0.2) is 0 Å². The number of nitrogens with zero attached hydrogens (tertiary/aromatic N) is 2. The van der Waals surface area contributed by atoms with Crippen LogP contribution < -0.4 is 10.2 Å². The third-order valence-corrected chi connectivity index (χ3v) is 10.4. The number of amides is 3. The first-order chi connectivity index (χ1) is 24.2. The van der Waals surface area contributed by atoms with Crippen LogP contribution in [0.4, 0.5) is 5.69 Å². The number of cyclic esters (lactones) is 1. The summed E-state index contributed by atoms with van der Waals surface area (Å²) in [5.74, 6) is -4.05. The molecule has 0 unspecified atom stereocenters. The summed E-state index contributed by atoms with van der Waals surface area (Å²) < 4.78 is 12.8. The third kappa shape index (κ3) is 5.91. The van der Waals surface area contributed by atoms with E-state index in [9.17, 15) is 19.5 Å². The van der Waals surface area contributed by atoms with Crippen LogP contribution in [0, 0.1) is 11.8 Å². The van der Waals surface area contributed by atoms with Crippen LogP contribution in [0.15, 0.2) is 109 Å². The van der Waals surface area contributed by atoms with E-state index in [2.05, 4.69) is 5.32 Å². The first-order valence-corrected chi connectivity index (χ1v) is 17.2. The van der Waals surface area contributed by atoms with Gasteiger partial charge in [-0.2, -0.15) is 0 Å². The van der Waals surface area contributed by atoms with E-state index in [0.717, 1.165) is 0 Å². The van der Waals surface area contributed by atoms with E-state index in [-0.39, 0.29) is 18.9 Å². The average molecular weight is 696 g/mol. The van der Waals surface area contributed by atoms with Gasteiger partial charge < -0.3 is 29.7 Å². The number of rotatable bonds is 5. The van der Waals surface area contributed by atoms with Crippen molar-refractivity contribution in [2.45, 2.75) is 55.7 Å². The fourth-order valence-corrected chi connectivity index (χ4v) is 7.96. The predicted molar refractivity (Wildman–Crippen MR) is 186 cm³/mol. The van der Waals surface area contributed by atoms with Gasteiger partial charge in [-0.3, -0.25) is 19.2 Å². The summed E-state index contributed by atoms with van der Waals surface area (Å²) in [6.07, 6.45) is 5.97. The van der Waals surface area contributed by atoms with Crippen LogP contribution in [0.3, 0.4) is 0 Å². The van der Waals surface area contributed by atoms with E-state index >= 15 is 4.79 Å². The van der Waals surface area contributed by atoms with Gasteiger partial charge in [0.05, 0.1) is 30.7 Å². The molecule has 3 amide bonds. The SMILES string of the molecule is C[C@@H]1NC(=O)CC/C=C\CN(c2ccc(Cl)cc2)C(=O)[C@H]2N([C@H](CO)c3ccccc3)C(=O)[C@@H]3[C@@H](C(=O)O[C@H]1c1ccccc1)[C@H]1C=C[C@]32O1. The minimum Gasteiger partial charge on any atom is -0.455 e. The van der Waals surface area contributed by atoms with Gasteiger partial charge in [-0.15, -0.1) is 0 Å². The van der Waals surface area contributed by atoms with Crippen LogP contribution in [-0.2, 0) is 28.7 Å². The Hall–Kier alpha value is -4.77. The fraction of sp³-hybridized carbons (Fsp3) is 0.333. The highest BCUT2D eigenvalue weighted by molar-refractivity contribution is 6.30. The molecule has 258 valence electrons. The molecule has 3 aromatic carbocycles. The Morgan fingerprint density at radius 3 is 2.34 bits per heavy atom. The monoisotopic (exact) mass is 695 g/mol. The van der Waals surface area contributed by atoms with Gasteiger partial charge in [-0.05, 0) is 48.7 Å². The van der Waals surface area contributed by atoms with Crippen molar-refractivity contribution in [2.75, 3.05) is 18.1 Å². The molecule has 2 N–H and O–H groups in total. The number of nitrogens with one attached hydrogen (secondary N) is 1. The van der Waals surface area contributed by atoms with Gasteiger partial charge in [-0.1, -0.05) is 96.6 Å². The minimum atomic E-state index is -1.52. The maximum atomic E-state index is 15.1. The predicted octanol–water partition coefficient (Wildman–Crippen LogP) is 4.70. The Morgan fingerprint density at radius 1 is 0.940 bits per heavy atom. The standard InChI is InChI=1S/C39H38ClN3O7/c1-24-34(26-13-7-3-8-14-26)49-38(48)32-30-20-21-39(50-30)33(32)36(46)43(29(23-44)25-11-5-2-6-12-25)35(39)37(47)42(28-18-16-27(40)17-19-28)22-10-4-9-15-31(45)41-24/h2-8,10-14,16-21,24,29-30,32-35,44H,9,15,22-23H2,1H3,(H,41,45)/b10-4-/t24-,29+,30+,32-,33-,34+,35+,39-/m0/s1. The van der Waals surface area contributed by atoms with E-state index in [0.29, 0.717) is 28.3 Å². The minimum absolute atomic E-state index is 0.113. The van der Waals surface area contributed by atoms with E-state index < -0.39 is 72.2 Å². The summed E-state index contributed by atoms with van der Waals surface area (Å²) in [4.78, 5) is 60.3. The van der Waals surface area contributed by atoms with Crippen molar-refractivity contribution in [2.24, 2.45) is 11.8 Å². The highest BCUT2D eigenvalue weighted by Crippen LogP contribution is 2.57. The third-order valence-electron chi connectivity index (χ3n) is 10.1. The number of halogens is 1. The molecule has 2 fully saturated rings. The lowest BCUT2D eigenvalue weighted by Gasteiger charge is -2.39. The lowest BCUT2D eigenvalue weighted by Crippen LogP contribution is -2.57. The molecule has 0 aromatic heterocycles. The van der Waals surface area contributed by atoms with E-state index in [1.807, 2.05) is 48.6 Å². The summed E-state index contributed by atoms with van der Waals surface area (Å²) in [5.41, 5.74) is 0.314. The second-order valence-corrected chi connectivity index (χ2v) is 13.6. The number of anilines is 1. The topological polar surface area (TPSA) is 125 Å². The zero-order chi connectivity index (χ0) is 35.0. The zero-order valence-corrected chi connectivity index (χ0v) is 28.2. The quantitative estimate of drug-likeness (QED) is 0.293. The van der Waals surface area contributed by atoms with Crippen molar-refractivity contribution in [1.29, 1.82) is 0 Å². The summed E-state index contributed by atoms with van der Waals surface area (Å²) in [6.45, 7) is 1.42. The molecule has 7 rings (SSSR count). The zero-order valence-electron chi connectivity index (χ0n) is 27.4. The summed E-state index contributed by atoms with van der Waals surface area (Å²) in [7, 11) is 0. The van der Waals surface area contributed by atoms with Crippen LogP contribution in [0.5, 0.6) is 0 Å². The number of aliphatic hydroxyl groups is 1. The fourth-order valence-electron chi connectivity index (χ4n) is 7.83. The van der Waals surface area contributed by atoms with Gasteiger partial charge in [0.2, 0.25) is 11.8 Å². The lowest BCUT2D eigenvalue weighted by atomic mass is 9.74. The molecule has 0 aliphatic carbocycles. The lowest BCUT2D eigenvalue weighted by molar-refractivity contribution is -0.161. The highest BCUT2D eigenvalue weighted by atomic mass is 35.5. The van der Waals surface area contributed by atoms with Gasteiger partial charge >= 0.3 is 5.97 Å². The molecule has 11 heteroatoms. The molecule has 4 heterocycles. The molecule has 1 spiro atoms. The summed E-state index contributed by atoms with van der Waals surface area (Å²) in [5, 5.41) is 14.3. The van der Waals surface area contributed by atoms with Crippen LogP contribution in [0.2, 0.25) is 5.02 Å². The molecule has 2 saturated heterocycles. The number of likely N-dealkylation sites (tertiary alicyclic amines) is 1. The van der Waals surface area contributed by atoms with Crippen LogP contribution >= 0.6 is 11.6 Å². The number of hydrogen-bond donors (Lipinski definition) is 2. The van der Waals surface area contributed by atoms with Gasteiger partial charge in [-0.25, -0.2) is 0 Å². The molecular formula is C39H38ClN3O7. The highest BCUT2D eigenvalue weighted by Gasteiger charge is 2.74. The van der Waals surface area contributed by atoms with Crippen LogP contribution in [0.25, 0.3) is 0 Å². The Labute approximate surface area is 295 Å². The molecule has 0 radical (unpaired) electrons. The second kappa shape index (κ2) is 13.9. The number of ether oxygens (including phenoxy) is 2. The molecule has 10 nitrogen and oxygen atoms in total. The number of esters is 1. The van der Waals surface area contributed by atoms with Crippen molar-refractivity contribution >= 4 is 41.0 Å². The first kappa shape index (κ1) is 33.7. The van der Waals surface area contributed by atoms with Crippen LogP contribution in [0.1, 0.15) is 43.0 Å². The molecule has 3 aromatic rings. The smallest absolute Gasteiger partial charge is 0.313 e. The molecular weight excluding hydrogens is 658 g/mol. The number of hydrogen-bond acceptors (Lipinski definition) is 7. The molecule has 4 aliphatic rings. The van der Waals surface area contributed by atoms with Gasteiger partial charge in [0.1, 0.15) is 23.7 Å². The van der Waals surface area contributed by atoms with Crippen molar-refractivity contribution in [3.8, 4) is 0 Å². The largest absolute Gasteiger partial charge is 0.455 e. The Bertz CT molecular complexity index is 1820. The second-order valence-electron chi connectivity index (χ2n) is 13.1. The normalized spacial score (nSPS) is 30.9. The number of fused-ring (bicyclic) bond motifs is 2. The first-order valence-electron chi connectivity index (χ1n) is 16.9. The van der Waals surface area contributed by atoms with Crippen molar-refractivity contribution in [3.05, 3.63) is 125 Å². The molecule has 4 aliphatic heterocycles. The van der Waals surface area contributed by atoms with Crippen molar-refractivity contribution in [3.63, 3.8) is 0 Å². The maximum absolute atomic E-state index is 15.1. The Morgan fingerprint density at radius 2 is 1.64 bits per heavy atom. The maximum Gasteiger partial charge on any atom is 0.313 e. The van der Waals surface area contributed by atoms with Crippen molar-refractivity contribution in [1.82, 2.24) is 10.2 Å². The summed E-state index contributed by atoms with van der Waals surface area (Å²) in [6, 6.07) is 22.2.